The molecule has 1 unspecified atom stereocenters. The van der Waals surface area contributed by atoms with Crippen LogP contribution in [-0.4, -0.2) is 53.8 Å². The van der Waals surface area contributed by atoms with Crippen LogP contribution in [0.15, 0.2) is 65.7 Å². The molecule has 1 fully saturated rings. The Morgan fingerprint density at radius 1 is 1.17 bits per heavy atom. The third-order valence-corrected chi connectivity index (χ3v) is 8.83. The van der Waals surface area contributed by atoms with Gasteiger partial charge in [0.1, 0.15) is 17.5 Å². The molecule has 3 aromatic rings. The van der Waals surface area contributed by atoms with Gasteiger partial charge in [-0.05, 0) is 30.3 Å². The van der Waals surface area contributed by atoms with E-state index in [1.54, 1.807) is 54.6 Å². The number of aliphatic hydroxyl groups is 1. The van der Waals surface area contributed by atoms with Crippen LogP contribution in [0.2, 0.25) is 0 Å². The van der Waals surface area contributed by atoms with Crippen molar-refractivity contribution in [2.75, 3.05) is 30.8 Å². The second-order valence-corrected chi connectivity index (χ2v) is 11.4. The molecular formula is C24H23N3O6S3. The number of hydrogen-bond donors (Lipinski definition) is 2. The Hall–Kier alpha value is -3.06. The molecule has 0 amide bonds. The predicted molar refractivity (Wildman–Crippen MR) is 140 cm³/mol. The van der Waals surface area contributed by atoms with E-state index in [4.69, 9.17) is 26.4 Å². The van der Waals surface area contributed by atoms with E-state index < -0.39 is 15.7 Å². The standard InChI is InChI=1S/C24H23N3O6S3/c1-31-22-16(3-2-10-25-22)14-27-23(34)35-15-24(27,28)17-4-6-18(7-5-17)26-36(29,30)19-8-9-20-21(13-19)33-12-11-32-20/h2-10,13,26,28H,11-12,14-15H2,1H3. The molecule has 2 aromatic carbocycles. The lowest BCUT2D eigenvalue weighted by Gasteiger charge is -2.34. The van der Waals surface area contributed by atoms with Crippen LogP contribution in [0.4, 0.5) is 5.69 Å². The monoisotopic (exact) mass is 545 g/mol. The number of benzene rings is 2. The molecule has 5 rings (SSSR count). The molecule has 9 nitrogen and oxygen atoms in total. The molecule has 36 heavy (non-hydrogen) atoms. The molecule has 188 valence electrons. The highest BCUT2D eigenvalue weighted by molar-refractivity contribution is 8.23. The van der Waals surface area contributed by atoms with Crippen molar-refractivity contribution in [3.8, 4) is 17.4 Å². The predicted octanol–water partition coefficient (Wildman–Crippen LogP) is 3.34. The molecule has 0 saturated carbocycles. The van der Waals surface area contributed by atoms with E-state index in [0.717, 1.165) is 5.56 Å². The molecule has 0 radical (unpaired) electrons. The molecule has 0 spiro atoms. The molecular weight excluding hydrogens is 522 g/mol. The maximum Gasteiger partial charge on any atom is 0.262 e. The van der Waals surface area contributed by atoms with Crippen LogP contribution in [-0.2, 0) is 22.3 Å². The number of thiocarbonyl (C=S) groups is 1. The van der Waals surface area contributed by atoms with E-state index in [2.05, 4.69) is 9.71 Å². The van der Waals surface area contributed by atoms with Crippen LogP contribution in [0.25, 0.3) is 0 Å². The molecule has 2 N–H and O–H groups in total. The van der Waals surface area contributed by atoms with Gasteiger partial charge in [-0.1, -0.05) is 42.2 Å². The average molecular weight is 546 g/mol. The normalized spacial score (nSPS) is 19.3. The summed E-state index contributed by atoms with van der Waals surface area (Å²) in [6.45, 7) is 1.09. The fourth-order valence-electron chi connectivity index (χ4n) is 4.01. The minimum Gasteiger partial charge on any atom is -0.486 e. The van der Waals surface area contributed by atoms with Gasteiger partial charge in [-0.15, -0.1) is 0 Å². The first kappa shape index (κ1) is 24.6. The van der Waals surface area contributed by atoms with Gasteiger partial charge in [0.2, 0.25) is 5.88 Å². The van der Waals surface area contributed by atoms with E-state index in [-0.39, 0.29) is 4.90 Å². The zero-order chi connectivity index (χ0) is 25.3. The van der Waals surface area contributed by atoms with E-state index >= 15 is 0 Å². The average Bonchev–Trinajstić information content (AvgIpc) is 3.18. The number of aromatic nitrogens is 1. The lowest BCUT2D eigenvalue weighted by Crippen LogP contribution is -2.44. The number of methoxy groups -OCH3 is 1. The first-order chi connectivity index (χ1) is 17.3. The fraction of sp³-hybridized carbons (Fsp3) is 0.250. The van der Waals surface area contributed by atoms with E-state index in [1.165, 1.54) is 23.9 Å². The lowest BCUT2D eigenvalue weighted by molar-refractivity contribution is -0.0511. The van der Waals surface area contributed by atoms with Gasteiger partial charge in [-0.2, -0.15) is 0 Å². The molecule has 1 saturated heterocycles. The Kier molecular flexibility index (Phi) is 6.68. The minimum absolute atomic E-state index is 0.0589. The second kappa shape index (κ2) is 9.77. The number of nitrogens with zero attached hydrogens (tertiary/aromatic N) is 2. The van der Waals surface area contributed by atoms with Crippen molar-refractivity contribution < 1.29 is 27.7 Å². The molecule has 12 heteroatoms. The number of rotatable bonds is 7. The fourth-order valence-corrected chi connectivity index (χ4v) is 6.50. The number of fused-ring (bicyclic) bond motifs is 1. The Labute approximate surface area is 218 Å². The van der Waals surface area contributed by atoms with Crippen LogP contribution in [0.1, 0.15) is 11.1 Å². The summed E-state index contributed by atoms with van der Waals surface area (Å²) in [6, 6.07) is 14.7. The Bertz CT molecular complexity index is 1400. The highest BCUT2D eigenvalue weighted by Gasteiger charge is 2.44. The van der Waals surface area contributed by atoms with Crippen molar-refractivity contribution in [3.63, 3.8) is 0 Å². The van der Waals surface area contributed by atoms with Gasteiger partial charge in [-0.25, -0.2) is 13.4 Å². The zero-order valence-electron chi connectivity index (χ0n) is 19.2. The number of pyridine rings is 1. The molecule has 0 bridgehead atoms. The Balaban J connectivity index is 1.36. The number of nitrogens with one attached hydrogen (secondary N) is 1. The third-order valence-electron chi connectivity index (χ3n) is 5.86. The van der Waals surface area contributed by atoms with Gasteiger partial charge >= 0.3 is 0 Å². The van der Waals surface area contributed by atoms with Crippen molar-refractivity contribution in [2.45, 2.75) is 17.2 Å². The first-order valence-corrected chi connectivity index (χ1v) is 13.9. The topological polar surface area (TPSA) is 110 Å². The number of sulfonamides is 1. The van der Waals surface area contributed by atoms with E-state index in [1.807, 2.05) is 6.07 Å². The quantitative estimate of drug-likeness (QED) is 0.429. The molecule has 2 aliphatic heterocycles. The van der Waals surface area contributed by atoms with Crippen molar-refractivity contribution in [2.24, 2.45) is 0 Å². The summed E-state index contributed by atoms with van der Waals surface area (Å²) < 4.78 is 45.3. The van der Waals surface area contributed by atoms with Gasteiger partial charge in [-0.3, -0.25) is 4.72 Å². The Morgan fingerprint density at radius 2 is 1.92 bits per heavy atom. The molecule has 0 aliphatic carbocycles. The zero-order valence-corrected chi connectivity index (χ0v) is 21.7. The second-order valence-electron chi connectivity index (χ2n) is 8.12. The number of hydrogen-bond acceptors (Lipinski definition) is 9. The SMILES string of the molecule is COc1ncccc1CN1C(=S)SCC1(O)c1ccc(NS(=O)(=O)c2ccc3c(c2)OCCO3)cc1. The third kappa shape index (κ3) is 4.69. The van der Waals surface area contributed by atoms with Crippen molar-refractivity contribution in [1.29, 1.82) is 0 Å². The van der Waals surface area contributed by atoms with E-state index in [9.17, 15) is 13.5 Å². The smallest absolute Gasteiger partial charge is 0.262 e. The number of ether oxygens (including phenoxy) is 3. The summed E-state index contributed by atoms with van der Waals surface area (Å²) >= 11 is 6.89. The van der Waals surface area contributed by atoms with Gasteiger partial charge in [0.05, 0.1) is 24.3 Å². The Morgan fingerprint density at radius 3 is 2.67 bits per heavy atom. The molecule has 2 aliphatic rings. The summed E-state index contributed by atoms with van der Waals surface area (Å²) in [7, 11) is -2.32. The summed E-state index contributed by atoms with van der Waals surface area (Å²) in [6.07, 6.45) is 1.64. The highest BCUT2D eigenvalue weighted by atomic mass is 32.2. The van der Waals surface area contributed by atoms with Crippen LogP contribution in [0.3, 0.4) is 0 Å². The van der Waals surface area contributed by atoms with Crippen LogP contribution < -0.4 is 18.9 Å². The lowest BCUT2D eigenvalue weighted by atomic mass is 10.0. The largest absolute Gasteiger partial charge is 0.486 e. The summed E-state index contributed by atoms with van der Waals surface area (Å²) in [5.74, 6) is 1.69. The van der Waals surface area contributed by atoms with Crippen molar-refractivity contribution in [3.05, 3.63) is 71.9 Å². The summed E-state index contributed by atoms with van der Waals surface area (Å²) in [4.78, 5) is 6.00. The van der Waals surface area contributed by atoms with Gasteiger partial charge in [0.25, 0.3) is 10.0 Å². The van der Waals surface area contributed by atoms with Crippen LogP contribution >= 0.6 is 24.0 Å². The number of anilines is 1. The highest BCUT2D eigenvalue weighted by Crippen LogP contribution is 2.41. The van der Waals surface area contributed by atoms with Gasteiger partial charge in [0.15, 0.2) is 17.2 Å². The van der Waals surface area contributed by atoms with Crippen LogP contribution in [0, 0.1) is 0 Å². The summed E-state index contributed by atoms with van der Waals surface area (Å²) in [5, 5.41) is 11.6. The maximum absolute atomic E-state index is 12.9. The van der Waals surface area contributed by atoms with Crippen LogP contribution in [0.5, 0.6) is 17.4 Å². The summed E-state index contributed by atoms with van der Waals surface area (Å²) in [5.41, 5.74) is 0.341. The maximum atomic E-state index is 12.9. The first-order valence-electron chi connectivity index (χ1n) is 11.0. The minimum atomic E-state index is -3.87. The molecule has 3 heterocycles. The van der Waals surface area contributed by atoms with E-state index in [0.29, 0.717) is 58.5 Å². The van der Waals surface area contributed by atoms with Gasteiger partial charge < -0.3 is 24.2 Å². The molecule has 1 aromatic heterocycles. The van der Waals surface area contributed by atoms with Crippen molar-refractivity contribution in [1.82, 2.24) is 9.88 Å². The molecule has 1 atom stereocenters. The van der Waals surface area contributed by atoms with Gasteiger partial charge in [0, 0.05) is 29.1 Å². The number of thioether (sulfide) groups is 1. The van der Waals surface area contributed by atoms with Crippen molar-refractivity contribution >= 4 is 44.0 Å².